The first-order valence-corrected chi connectivity index (χ1v) is 6.36. The van der Waals surface area contributed by atoms with Crippen LogP contribution in [0.5, 0.6) is 0 Å². The van der Waals surface area contributed by atoms with Crippen molar-refractivity contribution in [2.75, 3.05) is 13.1 Å². The molecule has 1 aromatic heterocycles. The Kier molecular flexibility index (Phi) is 3.45. The smallest absolute Gasteiger partial charge is 0.273 e. The molecule has 1 N–H and O–H groups in total. The summed E-state index contributed by atoms with van der Waals surface area (Å²) < 4.78 is 0. The minimum atomic E-state index is -0.904. The van der Waals surface area contributed by atoms with E-state index < -0.39 is 5.54 Å². The fourth-order valence-electron chi connectivity index (χ4n) is 2.19. The van der Waals surface area contributed by atoms with E-state index in [4.69, 9.17) is 5.26 Å². The molecule has 0 bridgehead atoms. The number of nitrogens with zero attached hydrogens (tertiary/aromatic N) is 3. The molecular weight excluding hydrogens is 256 g/mol. The predicted molar refractivity (Wildman–Crippen MR) is 71.8 cm³/mol. The van der Waals surface area contributed by atoms with E-state index in [9.17, 15) is 9.59 Å². The number of carbonyl (C=O) groups is 2. The van der Waals surface area contributed by atoms with Gasteiger partial charge in [-0.3, -0.25) is 9.59 Å². The second kappa shape index (κ2) is 4.93. The lowest BCUT2D eigenvalue weighted by atomic mass is 9.98. The zero-order valence-corrected chi connectivity index (χ0v) is 11.7. The number of amides is 2. The molecular formula is C14H16N4O2. The molecule has 1 aliphatic rings. The molecule has 6 heteroatoms. The number of aryl methyl sites for hydroxylation is 1. The van der Waals surface area contributed by atoms with E-state index in [2.05, 4.69) is 10.3 Å². The van der Waals surface area contributed by atoms with Gasteiger partial charge < -0.3 is 10.2 Å². The predicted octanol–water partition coefficient (Wildman–Crippen LogP) is 0.612. The maximum atomic E-state index is 12.5. The normalized spacial score (nSPS) is 17.3. The van der Waals surface area contributed by atoms with Crippen LogP contribution in [0.4, 0.5) is 0 Å². The number of piperazine rings is 1. The second-order valence-electron chi connectivity index (χ2n) is 5.21. The van der Waals surface area contributed by atoms with Crippen molar-refractivity contribution in [3.05, 3.63) is 29.1 Å². The third kappa shape index (κ3) is 2.23. The average Bonchev–Trinajstić information content (AvgIpc) is 2.41. The van der Waals surface area contributed by atoms with E-state index in [0.717, 1.165) is 0 Å². The van der Waals surface area contributed by atoms with Crippen molar-refractivity contribution in [2.45, 2.75) is 26.3 Å². The van der Waals surface area contributed by atoms with E-state index in [1.807, 2.05) is 6.07 Å². The van der Waals surface area contributed by atoms with Gasteiger partial charge >= 0.3 is 0 Å². The van der Waals surface area contributed by atoms with E-state index >= 15 is 0 Å². The minimum Gasteiger partial charge on any atom is -0.352 e. The molecule has 1 aromatic rings. The Bertz CT molecular complexity index is 616. The molecule has 1 fully saturated rings. The number of carbonyl (C=O) groups excluding carboxylic acids is 2. The maximum Gasteiger partial charge on any atom is 0.273 e. The van der Waals surface area contributed by atoms with Gasteiger partial charge in [-0.1, -0.05) is 0 Å². The molecule has 2 rings (SSSR count). The van der Waals surface area contributed by atoms with Crippen molar-refractivity contribution < 1.29 is 9.59 Å². The number of nitriles is 1. The molecule has 0 aromatic carbocycles. The Hall–Kier alpha value is -2.42. The van der Waals surface area contributed by atoms with Gasteiger partial charge in [0.2, 0.25) is 5.91 Å². The molecule has 104 valence electrons. The van der Waals surface area contributed by atoms with Crippen LogP contribution in [-0.2, 0) is 4.79 Å². The summed E-state index contributed by atoms with van der Waals surface area (Å²) in [5.74, 6) is -0.472. The van der Waals surface area contributed by atoms with Crippen LogP contribution in [0.15, 0.2) is 12.1 Å². The van der Waals surface area contributed by atoms with E-state index in [1.165, 1.54) is 11.0 Å². The first-order valence-electron chi connectivity index (χ1n) is 6.36. The molecule has 0 aliphatic carbocycles. The highest BCUT2D eigenvalue weighted by Crippen LogP contribution is 2.20. The van der Waals surface area contributed by atoms with Gasteiger partial charge in [-0.15, -0.1) is 0 Å². The molecule has 0 atom stereocenters. The minimum absolute atomic E-state index is 0.178. The molecule has 0 spiro atoms. The number of aromatic nitrogens is 1. The average molecular weight is 272 g/mol. The quantitative estimate of drug-likeness (QED) is 0.811. The molecule has 0 saturated carbocycles. The van der Waals surface area contributed by atoms with Gasteiger partial charge in [0.25, 0.3) is 5.91 Å². The lowest BCUT2D eigenvalue weighted by Gasteiger charge is -2.40. The zero-order valence-electron chi connectivity index (χ0n) is 11.7. The van der Waals surface area contributed by atoms with Gasteiger partial charge in [-0.25, -0.2) is 4.98 Å². The summed E-state index contributed by atoms with van der Waals surface area (Å²) in [5.41, 5.74) is 0.304. The van der Waals surface area contributed by atoms with Crippen molar-refractivity contribution in [2.24, 2.45) is 0 Å². The molecule has 1 aliphatic heterocycles. The van der Waals surface area contributed by atoms with Crippen LogP contribution in [0.25, 0.3) is 0 Å². The Morgan fingerprint density at radius 3 is 2.80 bits per heavy atom. The standard InChI is InChI=1S/C14H16N4O2/c1-9-10(8-15)4-5-11(17-9)12(19)18-7-6-16-13(20)14(18,2)3/h4-5H,6-7H2,1-3H3,(H,16,20). The van der Waals surface area contributed by atoms with Crippen LogP contribution in [0, 0.1) is 18.3 Å². The number of hydrogen-bond acceptors (Lipinski definition) is 4. The number of pyridine rings is 1. The van der Waals surface area contributed by atoms with Gasteiger partial charge in [-0.2, -0.15) is 5.26 Å². The summed E-state index contributed by atoms with van der Waals surface area (Å²) in [7, 11) is 0. The zero-order chi connectivity index (χ0) is 14.9. The Balaban J connectivity index is 2.34. The summed E-state index contributed by atoms with van der Waals surface area (Å²) in [6.45, 7) is 5.97. The lowest BCUT2D eigenvalue weighted by Crippen LogP contribution is -2.63. The van der Waals surface area contributed by atoms with Gasteiger partial charge in [-0.05, 0) is 32.9 Å². The number of hydrogen-bond donors (Lipinski definition) is 1. The van der Waals surface area contributed by atoms with Crippen molar-refractivity contribution in [3.63, 3.8) is 0 Å². The first kappa shape index (κ1) is 14.0. The van der Waals surface area contributed by atoms with Gasteiger partial charge in [0.15, 0.2) is 0 Å². The van der Waals surface area contributed by atoms with Gasteiger partial charge in [0, 0.05) is 13.1 Å². The van der Waals surface area contributed by atoms with Crippen LogP contribution in [0.2, 0.25) is 0 Å². The van der Waals surface area contributed by atoms with Crippen LogP contribution < -0.4 is 5.32 Å². The van der Waals surface area contributed by atoms with Crippen molar-refractivity contribution >= 4 is 11.8 Å². The fraction of sp³-hybridized carbons (Fsp3) is 0.429. The highest BCUT2D eigenvalue weighted by Gasteiger charge is 2.41. The summed E-state index contributed by atoms with van der Waals surface area (Å²) >= 11 is 0. The van der Waals surface area contributed by atoms with Gasteiger partial charge in [0.05, 0.1) is 11.3 Å². The first-order chi connectivity index (χ1) is 9.37. The van der Waals surface area contributed by atoms with Crippen molar-refractivity contribution in [3.8, 4) is 6.07 Å². The molecule has 2 amide bonds. The number of nitrogens with one attached hydrogen (secondary N) is 1. The van der Waals surface area contributed by atoms with E-state index in [0.29, 0.717) is 24.3 Å². The fourth-order valence-corrected chi connectivity index (χ4v) is 2.19. The summed E-state index contributed by atoms with van der Waals surface area (Å²) in [4.78, 5) is 30.1. The topological polar surface area (TPSA) is 86.1 Å². The largest absolute Gasteiger partial charge is 0.352 e. The third-order valence-electron chi connectivity index (χ3n) is 3.52. The maximum absolute atomic E-state index is 12.5. The van der Waals surface area contributed by atoms with Crippen LogP contribution >= 0.6 is 0 Å². The van der Waals surface area contributed by atoms with Gasteiger partial charge in [0.1, 0.15) is 17.3 Å². The highest BCUT2D eigenvalue weighted by atomic mass is 16.2. The third-order valence-corrected chi connectivity index (χ3v) is 3.52. The Morgan fingerprint density at radius 2 is 2.20 bits per heavy atom. The molecule has 20 heavy (non-hydrogen) atoms. The van der Waals surface area contributed by atoms with Crippen molar-refractivity contribution in [1.29, 1.82) is 5.26 Å². The molecule has 6 nitrogen and oxygen atoms in total. The van der Waals surface area contributed by atoms with Crippen LogP contribution in [0.1, 0.15) is 35.6 Å². The van der Waals surface area contributed by atoms with Crippen molar-refractivity contribution in [1.82, 2.24) is 15.2 Å². The van der Waals surface area contributed by atoms with E-state index in [-0.39, 0.29) is 17.5 Å². The lowest BCUT2D eigenvalue weighted by molar-refractivity contribution is -0.133. The SMILES string of the molecule is Cc1nc(C(=O)N2CCNC(=O)C2(C)C)ccc1C#N. The summed E-state index contributed by atoms with van der Waals surface area (Å²) in [6, 6.07) is 5.11. The Morgan fingerprint density at radius 1 is 1.50 bits per heavy atom. The molecule has 0 radical (unpaired) electrons. The summed E-state index contributed by atoms with van der Waals surface area (Å²) in [5, 5.41) is 11.6. The monoisotopic (exact) mass is 272 g/mol. The molecule has 2 heterocycles. The number of rotatable bonds is 1. The highest BCUT2D eigenvalue weighted by molar-refractivity contribution is 5.98. The van der Waals surface area contributed by atoms with Crippen LogP contribution in [0.3, 0.4) is 0 Å². The Labute approximate surface area is 117 Å². The summed E-state index contributed by atoms with van der Waals surface area (Å²) in [6.07, 6.45) is 0. The molecule has 0 unspecified atom stereocenters. The second-order valence-corrected chi connectivity index (χ2v) is 5.21. The van der Waals surface area contributed by atoms with E-state index in [1.54, 1.807) is 26.8 Å². The molecule has 1 saturated heterocycles. The van der Waals surface area contributed by atoms with Crippen LogP contribution in [-0.4, -0.2) is 40.3 Å².